The van der Waals surface area contributed by atoms with Crippen LogP contribution in [0.3, 0.4) is 0 Å². The van der Waals surface area contributed by atoms with Crippen LogP contribution in [0.15, 0.2) is 24.4 Å². The van der Waals surface area contributed by atoms with E-state index >= 15 is 0 Å². The minimum Gasteiger partial charge on any atom is -0.349 e. The van der Waals surface area contributed by atoms with Gasteiger partial charge in [-0.25, -0.2) is 0 Å². The summed E-state index contributed by atoms with van der Waals surface area (Å²) in [5, 5.41) is 2.06. The van der Waals surface area contributed by atoms with E-state index in [4.69, 9.17) is 11.6 Å². The van der Waals surface area contributed by atoms with Crippen molar-refractivity contribution >= 4 is 22.5 Å². The minimum atomic E-state index is 0.146. The molecule has 0 fully saturated rings. The molecular formula is C13H16ClN. The van der Waals surface area contributed by atoms with Gasteiger partial charge >= 0.3 is 0 Å². The van der Waals surface area contributed by atoms with E-state index in [0.717, 1.165) is 10.5 Å². The summed E-state index contributed by atoms with van der Waals surface area (Å²) >= 11 is 6.29. The van der Waals surface area contributed by atoms with E-state index in [0.29, 0.717) is 0 Å². The van der Waals surface area contributed by atoms with Crippen LogP contribution in [0, 0.1) is 0 Å². The van der Waals surface area contributed by atoms with Gasteiger partial charge in [0.05, 0.1) is 10.5 Å². The summed E-state index contributed by atoms with van der Waals surface area (Å²) in [5.74, 6) is 0. The summed E-state index contributed by atoms with van der Waals surface area (Å²) in [6, 6.07) is 6.40. The van der Waals surface area contributed by atoms with Crippen LogP contribution in [0.1, 0.15) is 26.3 Å². The Morgan fingerprint density at radius 3 is 2.47 bits per heavy atom. The van der Waals surface area contributed by atoms with Gasteiger partial charge in [0.1, 0.15) is 0 Å². The van der Waals surface area contributed by atoms with E-state index in [-0.39, 0.29) is 5.41 Å². The van der Waals surface area contributed by atoms with Crippen LogP contribution < -0.4 is 0 Å². The smallest absolute Gasteiger partial charge is 0.0667 e. The second-order valence-electron chi connectivity index (χ2n) is 5.07. The van der Waals surface area contributed by atoms with E-state index in [1.807, 2.05) is 13.2 Å². The molecule has 0 saturated carbocycles. The van der Waals surface area contributed by atoms with Crippen molar-refractivity contribution in [2.45, 2.75) is 26.2 Å². The maximum absolute atomic E-state index is 6.29. The summed E-state index contributed by atoms with van der Waals surface area (Å²) in [6.45, 7) is 6.61. The first kappa shape index (κ1) is 10.6. The number of hydrogen-bond donors (Lipinski definition) is 0. The molecule has 0 spiro atoms. The largest absolute Gasteiger partial charge is 0.349 e. The third kappa shape index (κ3) is 1.76. The second kappa shape index (κ2) is 3.28. The summed E-state index contributed by atoms with van der Waals surface area (Å²) in [6.07, 6.45) is 2.04. The Morgan fingerprint density at radius 2 is 1.87 bits per heavy atom. The molecule has 0 aliphatic rings. The number of halogens is 1. The fraction of sp³-hybridized carbons (Fsp3) is 0.385. The molecule has 0 atom stereocenters. The average molecular weight is 222 g/mol. The maximum atomic E-state index is 6.29. The van der Waals surface area contributed by atoms with Crippen molar-refractivity contribution in [3.05, 3.63) is 35.0 Å². The molecule has 0 aliphatic heterocycles. The SMILES string of the molecule is Cn1ccc2cc(C(C)(C)C)cc(Cl)c21. The molecule has 1 heterocycles. The van der Waals surface area contributed by atoms with Crippen LogP contribution in [-0.2, 0) is 12.5 Å². The molecule has 0 unspecified atom stereocenters. The van der Waals surface area contributed by atoms with Crippen LogP contribution >= 0.6 is 11.6 Å². The first-order chi connectivity index (χ1) is 6.89. The molecule has 80 valence electrons. The van der Waals surface area contributed by atoms with Crippen molar-refractivity contribution in [1.82, 2.24) is 4.57 Å². The second-order valence-corrected chi connectivity index (χ2v) is 5.48. The quantitative estimate of drug-likeness (QED) is 0.631. The summed E-state index contributed by atoms with van der Waals surface area (Å²) in [4.78, 5) is 0. The summed E-state index contributed by atoms with van der Waals surface area (Å²) < 4.78 is 2.06. The van der Waals surface area contributed by atoms with Crippen molar-refractivity contribution < 1.29 is 0 Å². The fourth-order valence-electron chi connectivity index (χ4n) is 1.82. The number of nitrogens with zero attached hydrogens (tertiary/aromatic N) is 1. The molecule has 0 bridgehead atoms. The van der Waals surface area contributed by atoms with Crippen LogP contribution in [0.25, 0.3) is 10.9 Å². The van der Waals surface area contributed by atoms with E-state index in [1.54, 1.807) is 0 Å². The Balaban J connectivity index is 2.74. The van der Waals surface area contributed by atoms with Gasteiger partial charge in [-0.05, 0) is 29.2 Å². The highest BCUT2D eigenvalue weighted by atomic mass is 35.5. The van der Waals surface area contributed by atoms with Crippen LogP contribution in [0.2, 0.25) is 5.02 Å². The Hall–Kier alpha value is -0.950. The van der Waals surface area contributed by atoms with Crippen molar-refractivity contribution in [2.24, 2.45) is 7.05 Å². The Bertz CT molecular complexity index is 503. The highest BCUT2D eigenvalue weighted by Crippen LogP contribution is 2.31. The third-order valence-electron chi connectivity index (χ3n) is 2.79. The lowest BCUT2D eigenvalue weighted by Crippen LogP contribution is -2.10. The van der Waals surface area contributed by atoms with Gasteiger partial charge in [0.25, 0.3) is 0 Å². The van der Waals surface area contributed by atoms with Crippen LogP contribution in [0.4, 0.5) is 0 Å². The Labute approximate surface area is 95.7 Å². The zero-order valence-electron chi connectivity index (χ0n) is 9.63. The first-order valence-electron chi connectivity index (χ1n) is 5.14. The van der Waals surface area contributed by atoms with Gasteiger partial charge in [-0.3, -0.25) is 0 Å². The first-order valence-corrected chi connectivity index (χ1v) is 5.52. The predicted octanol–water partition coefficient (Wildman–Crippen LogP) is 4.13. The zero-order chi connectivity index (χ0) is 11.2. The number of aromatic nitrogens is 1. The molecule has 0 radical (unpaired) electrons. The van der Waals surface area contributed by atoms with Crippen LogP contribution in [-0.4, -0.2) is 4.57 Å². The van der Waals surface area contributed by atoms with Gasteiger partial charge in [-0.1, -0.05) is 32.4 Å². The van der Waals surface area contributed by atoms with Gasteiger partial charge in [0.2, 0.25) is 0 Å². The van der Waals surface area contributed by atoms with Crippen molar-refractivity contribution in [2.75, 3.05) is 0 Å². The molecule has 15 heavy (non-hydrogen) atoms. The Morgan fingerprint density at radius 1 is 1.20 bits per heavy atom. The number of fused-ring (bicyclic) bond motifs is 1. The van der Waals surface area contributed by atoms with Crippen molar-refractivity contribution in [3.63, 3.8) is 0 Å². The molecule has 0 aliphatic carbocycles. The van der Waals surface area contributed by atoms with Crippen molar-refractivity contribution in [3.8, 4) is 0 Å². The molecular weight excluding hydrogens is 206 g/mol. The third-order valence-corrected chi connectivity index (χ3v) is 3.08. The minimum absolute atomic E-state index is 0.146. The average Bonchev–Trinajstić information content (AvgIpc) is 2.46. The normalized spacial score (nSPS) is 12.3. The van der Waals surface area contributed by atoms with Gasteiger partial charge < -0.3 is 4.57 Å². The molecule has 1 aromatic carbocycles. The van der Waals surface area contributed by atoms with E-state index in [2.05, 4.69) is 43.5 Å². The lowest BCUT2D eigenvalue weighted by molar-refractivity contribution is 0.591. The molecule has 2 rings (SSSR count). The standard InChI is InChI=1S/C13H16ClN/c1-13(2,3)10-7-9-5-6-15(4)12(9)11(14)8-10/h5-8H,1-4H3. The topological polar surface area (TPSA) is 4.93 Å². The Kier molecular flexibility index (Phi) is 2.31. The number of benzene rings is 1. The number of aryl methyl sites for hydroxylation is 1. The van der Waals surface area contributed by atoms with Gasteiger partial charge in [0, 0.05) is 18.6 Å². The van der Waals surface area contributed by atoms with Crippen molar-refractivity contribution in [1.29, 1.82) is 0 Å². The van der Waals surface area contributed by atoms with E-state index in [9.17, 15) is 0 Å². The highest BCUT2D eigenvalue weighted by molar-refractivity contribution is 6.35. The maximum Gasteiger partial charge on any atom is 0.0667 e. The predicted molar refractivity (Wildman–Crippen MR) is 66.6 cm³/mol. The summed E-state index contributed by atoms with van der Waals surface area (Å²) in [5.41, 5.74) is 2.55. The van der Waals surface area contributed by atoms with Crippen LogP contribution in [0.5, 0.6) is 0 Å². The molecule has 0 amide bonds. The lowest BCUT2D eigenvalue weighted by atomic mass is 9.86. The highest BCUT2D eigenvalue weighted by Gasteiger charge is 2.16. The molecule has 0 N–H and O–H groups in total. The zero-order valence-corrected chi connectivity index (χ0v) is 10.4. The summed E-state index contributed by atoms with van der Waals surface area (Å²) in [7, 11) is 2.02. The molecule has 0 saturated heterocycles. The molecule has 1 aromatic heterocycles. The fourth-order valence-corrected chi connectivity index (χ4v) is 2.18. The van der Waals surface area contributed by atoms with Gasteiger partial charge in [-0.2, -0.15) is 0 Å². The van der Waals surface area contributed by atoms with Gasteiger partial charge in [0.15, 0.2) is 0 Å². The number of hydrogen-bond acceptors (Lipinski definition) is 0. The number of rotatable bonds is 0. The lowest BCUT2D eigenvalue weighted by Gasteiger charge is -2.19. The molecule has 1 nitrogen and oxygen atoms in total. The molecule has 2 aromatic rings. The monoisotopic (exact) mass is 221 g/mol. The molecule has 2 heteroatoms. The van der Waals surface area contributed by atoms with E-state index < -0.39 is 0 Å². The van der Waals surface area contributed by atoms with Gasteiger partial charge in [-0.15, -0.1) is 0 Å². The van der Waals surface area contributed by atoms with E-state index in [1.165, 1.54) is 10.9 Å².